The van der Waals surface area contributed by atoms with Crippen LogP contribution < -0.4 is 4.74 Å². The van der Waals surface area contributed by atoms with Crippen molar-refractivity contribution in [1.82, 2.24) is 19.6 Å². The van der Waals surface area contributed by atoms with E-state index in [9.17, 15) is 9.59 Å². The van der Waals surface area contributed by atoms with Crippen molar-refractivity contribution in [2.75, 3.05) is 26.7 Å². The van der Waals surface area contributed by atoms with Gasteiger partial charge in [0.2, 0.25) is 5.91 Å². The largest absolute Gasteiger partial charge is 0.497 e. The lowest BCUT2D eigenvalue weighted by Gasteiger charge is -2.34. The van der Waals surface area contributed by atoms with Gasteiger partial charge in [0.1, 0.15) is 18.0 Å². The Morgan fingerprint density at radius 1 is 1.27 bits per heavy atom. The predicted molar refractivity (Wildman–Crippen MR) is 96.8 cm³/mol. The molecule has 1 aromatic carbocycles. The molecule has 7 nitrogen and oxygen atoms in total. The minimum absolute atomic E-state index is 0.0472. The molecule has 26 heavy (non-hydrogen) atoms. The summed E-state index contributed by atoms with van der Waals surface area (Å²) >= 11 is 0. The molecule has 3 rings (SSSR count). The van der Waals surface area contributed by atoms with Crippen molar-refractivity contribution in [1.29, 1.82) is 0 Å². The summed E-state index contributed by atoms with van der Waals surface area (Å²) in [6.45, 7) is 4.39. The first-order chi connectivity index (χ1) is 12.6. The monoisotopic (exact) mass is 356 g/mol. The maximum Gasteiger partial charge on any atom is 0.272 e. The van der Waals surface area contributed by atoms with E-state index in [-0.39, 0.29) is 18.4 Å². The number of carbonyl (C=O) groups is 2. The van der Waals surface area contributed by atoms with E-state index in [1.165, 1.54) is 0 Å². The number of nitrogens with zero attached hydrogens (tertiary/aromatic N) is 4. The van der Waals surface area contributed by atoms with Crippen molar-refractivity contribution in [3.8, 4) is 5.75 Å². The topological polar surface area (TPSA) is 67.7 Å². The number of methoxy groups -OCH3 is 1. The fraction of sp³-hybridized carbons (Fsp3) is 0.421. The van der Waals surface area contributed by atoms with Crippen LogP contribution in [0.4, 0.5) is 0 Å². The maximum absolute atomic E-state index is 12.7. The van der Waals surface area contributed by atoms with E-state index in [0.29, 0.717) is 31.9 Å². The third-order valence-corrected chi connectivity index (χ3v) is 4.48. The summed E-state index contributed by atoms with van der Waals surface area (Å²) in [6.07, 6.45) is 2.53. The Kier molecular flexibility index (Phi) is 5.55. The Balaban J connectivity index is 1.63. The minimum Gasteiger partial charge on any atom is -0.497 e. The molecule has 1 fully saturated rings. The lowest BCUT2D eigenvalue weighted by atomic mass is 10.1. The van der Waals surface area contributed by atoms with Crippen LogP contribution in [0.5, 0.6) is 5.75 Å². The number of ether oxygens (including phenoxy) is 1. The van der Waals surface area contributed by atoms with E-state index in [1.54, 1.807) is 33.9 Å². The highest BCUT2D eigenvalue weighted by Crippen LogP contribution is 2.17. The number of hydrogen-bond acceptors (Lipinski definition) is 4. The molecule has 1 aromatic heterocycles. The number of benzene rings is 1. The third-order valence-electron chi connectivity index (χ3n) is 4.48. The molecule has 1 aliphatic heterocycles. The first kappa shape index (κ1) is 18.0. The number of hydrogen-bond donors (Lipinski definition) is 0. The van der Waals surface area contributed by atoms with Gasteiger partial charge in [0.25, 0.3) is 5.91 Å². The number of aromatic nitrogens is 2. The third kappa shape index (κ3) is 3.87. The van der Waals surface area contributed by atoms with E-state index in [2.05, 4.69) is 5.10 Å². The average molecular weight is 356 g/mol. The van der Waals surface area contributed by atoms with Gasteiger partial charge >= 0.3 is 0 Å². The highest BCUT2D eigenvalue weighted by Gasteiger charge is 2.29. The second kappa shape index (κ2) is 8.03. The number of carbonyl (C=O) groups excluding carboxylic acids is 2. The van der Waals surface area contributed by atoms with E-state index in [0.717, 1.165) is 17.7 Å². The summed E-state index contributed by atoms with van der Waals surface area (Å²) in [7, 11) is 1.62. The zero-order valence-electron chi connectivity index (χ0n) is 15.2. The van der Waals surface area contributed by atoms with Gasteiger partial charge in [-0.3, -0.25) is 14.3 Å². The molecule has 1 aliphatic rings. The van der Waals surface area contributed by atoms with Gasteiger partial charge in [-0.2, -0.15) is 5.10 Å². The number of amides is 2. The molecule has 0 N–H and O–H groups in total. The lowest BCUT2D eigenvalue weighted by Crippen LogP contribution is -2.52. The van der Waals surface area contributed by atoms with Gasteiger partial charge in [0, 0.05) is 32.4 Å². The molecular formula is C19H24N4O3. The van der Waals surface area contributed by atoms with Crippen LogP contribution >= 0.6 is 0 Å². The molecule has 0 saturated carbocycles. The van der Waals surface area contributed by atoms with Crippen molar-refractivity contribution in [2.45, 2.75) is 26.4 Å². The highest BCUT2D eigenvalue weighted by atomic mass is 16.5. The second-order valence-electron chi connectivity index (χ2n) is 6.33. The molecule has 138 valence electrons. The Hall–Kier alpha value is -2.83. The van der Waals surface area contributed by atoms with Crippen LogP contribution in [0.3, 0.4) is 0 Å². The Labute approximate surface area is 153 Å². The van der Waals surface area contributed by atoms with E-state index in [1.807, 2.05) is 31.2 Å². The molecule has 0 unspecified atom stereocenters. The quantitative estimate of drug-likeness (QED) is 0.791. The first-order valence-corrected chi connectivity index (χ1v) is 8.84. The first-order valence-electron chi connectivity index (χ1n) is 8.84. The summed E-state index contributed by atoms with van der Waals surface area (Å²) < 4.78 is 6.93. The normalized spacial score (nSPS) is 14.6. The molecule has 0 spiro atoms. The molecule has 0 atom stereocenters. The van der Waals surface area contributed by atoms with Crippen molar-refractivity contribution in [3.05, 3.63) is 47.8 Å². The fourth-order valence-corrected chi connectivity index (χ4v) is 3.11. The molecule has 0 radical (unpaired) electrons. The van der Waals surface area contributed by atoms with Crippen LogP contribution in [-0.4, -0.2) is 58.1 Å². The standard InChI is InChI=1S/C19H24N4O3/c1-3-9-23-17(7-8-20-23)19(25)22-11-10-21(18(24)14-22)13-15-5-4-6-16(12-15)26-2/h4-8,12H,3,9-11,13-14H2,1-2H3. The predicted octanol–water partition coefficient (Wildman–Crippen LogP) is 1.79. The molecule has 2 aromatic rings. The van der Waals surface area contributed by atoms with Crippen LogP contribution in [0.15, 0.2) is 36.5 Å². The second-order valence-corrected chi connectivity index (χ2v) is 6.33. The van der Waals surface area contributed by atoms with Gasteiger partial charge in [-0.15, -0.1) is 0 Å². The summed E-state index contributed by atoms with van der Waals surface area (Å²) in [6, 6.07) is 9.39. The molecule has 2 amide bonds. The minimum atomic E-state index is -0.134. The average Bonchev–Trinajstić information content (AvgIpc) is 3.11. The molecule has 0 aliphatic carbocycles. The van der Waals surface area contributed by atoms with Gasteiger partial charge in [-0.25, -0.2) is 0 Å². The molecular weight excluding hydrogens is 332 g/mol. The molecule has 2 heterocycles. The Morgan fingerprint density at radius 2 is 2.12 bits per heavy atom. The number of piperazine rings is 1. The van der Waals surface area contributed by atoms with E-state index >= 15 is 0 Å². The fourth-order valence-electron chi connectivity index (χ4n) is 3.11. The van der Waals surface area contributed by atoms with Crippen molar-refractivity contribution >= 4 is 11.8 Å². The molecule has 7 heteroatoms. The Morgan fingerprint density at radius 3 is 2.85 bits per heavy atom. The SMILES string of the molecule is CCCn1nccc1C(=O)N1CCN(Cc2cccc(OC)c2)C(=O)C1. The van der Waals surface area contributed by atoms with Crippen molar-refractivity contribution < 1.29 is 14.3 Å². The van der Waals surface area contributed by atoms with Crippen LogP contribution in [0, 0.1) is 0 Å². The van der Waals surface area contributed by atoms with Crippen LogP contribution in [0.25, 0.3) is 0 Å². The summed E-state index contributed by atoms with van der Waals surface area (Å²) in [5, 5.41) is 4.19. The van der Waals surface area contributed by atoms with Gasteiger partial charge in [0.15, 0.2) is 0 Å². The number of rotatable bonds is 6. The zero-order chi connectivity index (χ0) is 18.5. The van der Waals surface area contributed by atoms with Gasteiger partial charge in [0.05, 0.1) is 7.11 Å². The van der Waals surface area contributed by atoms with Gasteiger partial charge in [-0.05, 0) is 30.2 Å². The van der Waals surface area contributed by atoms with Crippen LogP contribution in [0.2, 0.25) is 0 Å². The van der Waals surface area contributed by atoms with Crippen molar-refractivity contribution in [3.63, 3.8) is 0 Å². The van der Waals surface area contributed by atoms with Crippen LogP contribution in [0.1, 0.15) is 29.4 Å². The summed E-state index contributed by atoms with van der Waals surface area (Å²) in [5.41, 5.74) is 1.55. The van der Waals surface area contributed by atoms with E-state index in [4.69, 9.17) is 4.74 Å². The maximum atomic E-state index is 12.7. The van der Waals surface area contributed by atoms with Crippen LogP contribution in [-0.2, 0) is 17.9 Å². The van der Waals surface area contributed by atoms with E-state index < -0.39 is 0 Å². The van der Waals surface area contributed by atoms with Gasteiger partial charge < -0.3 is 14.5 Å². The Bertz CT molecular complexity index is 787. The van der Waals surface area contributed by atoms with Gasteiger partial charge in [-0.1, -0.05) is 19.1 Å². The number of aryl methyl sites for hydroxylation is 1. The molecule has 1 saturated heterocycles. The highest BCUT2D eigenvalue weighted by molar-refractivity contribution is 5.95. The lowest BCUT2D eigenvalue weighted by molar-refractivity contribution is -0.135. The summed E-state index contributed by atoms with van der Waals surface area (Å²) in [5.74, 6) is 0.590. The zero-order valence-corrected chi connectivity index (χ0v) is 15.2. The molecule has 0 bridgehead atoms. The summed E-state index contributed by atoms with van der Waals surface area (Å²) in [4.78, 5) is 28.6. The van der Waals surface area contributed by atoms with Crippen molar-refractivity contribution in [2.24, 2.45) is 0 Å². The smallest absolute Gasteiger partial charge is 0.272 e.